The quantitative estimate of drug-likeness (QED) is 0.607. The fraction of sp³-hybridized carbons (Fsp3) is 0.727. The van der Waals surface area contributed by atoms with Gasteiger partial charge in [-0.1, -0.05) is 6.92 Å². The van der Waals surface area contributed by atoms with Gasteiger partial charge in [-0.25, -0.2) is 0 Å². The average Bonchev–Trinajstić information content (AvgIpc) is 2.27. The number of hydrogen-bond acceptors (Lipinski definition) is 4. The summed E-state index contributed by atoms with van der Waals surface area (Å²) in [6.07, 6.45) is 1.59. The number of aliphatic carboxylic acids is 1. The molecule has 6 heteroatoms. The van der Waals surface area contributed by atoms with Crippen LogP contribution in [0.15, 0.2) is 0 Å². The van der Waals surface area contributed by atoms with Crippen molar-refractivity contribution in [3.8, 4) is 6.07 Å². The summed E-state index contributed by atoms with van der Waals surface area (Å²) in [5.74, 6) is 0.0575. The van der Waals surface area contributed by atoms with E-state index in [0.717, 1.165) is 6.42 Å². The molecule has 5 nitrogen and oxygen atoms in total. The molecule has 17 heavy (non-hydrogen) atoms. The average molecular weight is 258 g/mol. The molecule has 0 radical (unpaired) electrons. The van der Waals surface area contributed by atoms with Crippen LogP contribution < -0.4 is 5.32 Å². The van der Waals surface area contributed by atoms with Crippen LogP contribution in [0.4, 0.5) is 0 Å². The zero-order valence-electron chi connectivity index (χ0n) is 9.94. The second-order valence-electron chi connectivity index (χ2n) is 3.83. The van der Waals surface area contributed by atoms with Crippen LogP contribution in [-0.4, -0.2) is 35.0 Å². The molecule has 0 aromatic rings. The molecule has 96 valence electrons. The molecule has 0 heterocycles. The zero-order valence-corrected chi connectivity index (χ0v) is 10.8. The van der Waals surface area contributed by atoms with E-state index >= 15 is 0 Å². The highest BCUT2D eigenvalue weighted by molar-refractivity contribution is 8.00. The minimum absolute atomic E-state index is 0.0734. The molecule has 0 aliphatic heterocycles. The minimum Gasteiger partial charge on any atom is -0.481 e. The molecule has 1 amide bonds. The van der Waals surface area contributed by atoms with Gasteiger partial charge >= 0.3 is 5.97 Å². The summed E-state index contributed by atoms with van der Waals surface area (Å²) in [6, 6.07) is 1.95. The van der Waals surface area contributed by atoms with Gasteiger partial charge in [-0.05, 0) is 18.8 Å². The molecule has 0 aliphatic carbocycles. The third-order valence-corrected chi connectivity index (χ3v) is 3.01. The predicted octanol–water partition coefficient (Wildman–Crippen LogP) is 1.25. The standard InChI is InChI=1S/C11H18N2O3S/c1-9(2-3-11(15)16)4-6-13-10(14)8-17-7-5-12/h9H,2-4,6-8H2,1H3,(H,13,14)(H,15,16). The van der Waals surface area contributed by atoms with Crippen LogP contribution in [0.3, 0.4) is 0 Å². The van der Waals surface area contributed by atoms with Gasteiger partial charge in [0.2, 0.25) is 5.91 Å². The fourth-order valence-electron chi connectivity index (χ4n) is 1.21. The Morgan fingerprint density at radius 2 is 2.18 bits per heavy atom. The van der Waals surface area contributed by atoms with E-state index in [1.165, 1.54) is 11.8 Å². The smallest absolute Gasteiger partial charge is 0.303 e. The number of nitriles is 1. The monoisotopic (exact) mass is 258 g/mol. The molecule has 1 atom stereocenters. The van der Waals surface area contributed by atoms with Crippen LogP contribution in [0.25, 0.3) is 0 Å². The lowest BCUT2D eigenvalue weighted by atomic mass is 10.0. The number of thioether (sulfide) groups is 1. The molecule has 0 saturated carbocycles. The Balaban J connectivity index is 3.46. The van der Waals surface area contributed by atoms with Gasteiger partial charge in [-0.2, -0.15) is 5.26 Å². The molecule has 0 fully saturated rings. The molecule has 0 bridgehead atoms. The molecule has 0 aromatic carbocycles. The van der Waals surface area contributed by atoms with E-state index in [2.05, 4.69) is 5.32 Å². The number of rotatable bonds is 9. The summed E-state index contributed by atoms with van der Waals surface area (Å²) in [5, 5.41) is 19.5. The first-order chi connectivity index (χ1) is 8.06. The van der Waals surface area contributed by atoms with E-state index in [1.54, 1.807) is 0 Å². The van der Waals surface area contributed by atoms with Gasteiger partial charge in [0.25, 0.3) is 0 Å². The van der Waals surface area contributed by atoms with Crippen molar-refractivity contribution in [1.29, 1.82) is 5.26 Å². The third kappa shape index (κ3) is 11.1. The van der Waals surface area contributed by atoms with Crippen LogP contribution in [0.5, 0.6) is 0 Å². The highest BCUT2D eigenvalue weighted by atomic mass is 32.2. The normalized spacial score (nSPS) is 11.5. The van der Waals surface area contributed by atoms with Gasteiger partial charge in [-0.3, -0.25) is 9.59 Å². The summed E-state index contributed by atoms with van der Waals surface area (Å²) in [7, 11) is 0. The van der Waals surface area contributed by atoms with Gasteiger partial charge in [0.05, 0.1) is 17.6 Å². The SMILES string of the molecule is CC(CCNC(=O)CSCC#N)CCC(=O)O. The van der Waals surface area contributed by atoms with Gasteiger partial charge in [0.15, 0.2) is 0 Å². The van der Waals surface area contributed by atoms with Gasteiger partial charge in [0, 0.05) is 13.0 Å². The molecule has 0 saturated heterocycles. The largest absolute Gasteiger partial charge is 0.481 e. The van der Waals surface area contributed by atoms with Crippen molar-refractivity contribution in [2.75, 3.05) is 18.1 Å². The predicted molar refractivity (Wildman–Crippen MR) is 66.6 cm³/mol. The summed E-state index contributed by atoms with van der Waals surface area (Å²) in [4.78, 5) is 21.6. The number of nitrogens with one attached hydrogen (secondary N) is 1. The van der Waals surface area contributed by atoms with E-state index in [9.17, 15) is 9.59 Å². The molecule has 0 spiro atoms. The maximum absolute atomic E-state index is 11.2. The lowest BCUT2D eigenvalue weighted by molar-refractivity contribution is -0.137. The van der Waals surface area contributed by atoms with Crippen LogP contribution in [0.2, 0.25) is 0 Å². The molecule has 0 aliphatic rings. The molecule has 1 unspecified atom stereocenters. The van der Waals surface area contributed by atoms with Crippen LogP contribution in [0, 0.1) is 17.2 Å². The van der Waals surface area contributed by atoms with Crippen molar-refractivity contribution in [2.45, 2.75) is 26.2 Å². The van der Waals surface area contributed by atoms with Crippen molar-refractivity contribution in [1.82, 2.24) is 5.32 Å². The molecule has 2 N–H and O–H groups in total. The fourth-order valence-corrected chi connectivity index (χ4v) is 1.69. The Labute approximate surface area is 106 Å². The number of hydrogen-bond donors (Lipinski definition) is 2. The second-order valence-corrected chi connectivity index (χ2v) is 4.81. The zero-order chi connectivity index (χ0) is 13.1. The second kappa shape index (κ2) is 9.97. The van der Waals surface area contributed by atoms with Crippen molar-refractivity contribution in [3.63, 3.8) is 0 Å². The molecule has 0 rings (SSSR count). The van der Waals surface area contributed by atoms with E-state index in [-0.39, 0.29) is 18.2 Å². The summed E-state index contributed by atoms with van der Waals surface area (Å²) in [6.45, 7) is 2.53. The highest BCUT2D eigenvalue weighted by Gasteiger charge is 2.06. The highest BCUT2D eigenvalue weighted by Crippen LogP contribution is 2.09. The van der Waals surface area contributed by atoms with Gasteiger partial charge in [-0.15, -0.1) is 11.8 Å². The number of carboxylic acids is 1. The van der Waals surface area contributed by atoms with E-state index < -0.39 is 5.97 Å². The van der Waals surface area contributed by atoms with Crippen LogP contribution in [0.1, 0.15) is 26.2 Å². The Morgan fingerprint density at radius 3 is 2.76 bits per heavy atom. The number of carbonyl (C=O) groups is 2. The summed E-state index contributed by atoms with van der Waals surface area (Å²) in [5.41, 5.74) is 0. The van der Waals surface area contributed by atoms with Crippen molar-refractivity contribution < 1.29 is 14.7 Å². The molecular formula is C11H18N2O3S. The number of amides is 1. The number of carbonyl (C=O) groups excluding carboxylic acids is 1. The van der Waals surface area contributed by atoms with E-state index in [0.29, 0.717) is 24.5 Å². The lowest BCUT2D eigenvalue weighted by Crippen LogP contribution is -2.27. The summed E-state index contributed by atoms with van der Waals surface area (Å²) >= 11 is 1.28. The molecule has 0 aromatic heterocycles. The Morgan fingerprint density at radius 1 is 1.47 bits per heavy atom. The van der Waals surface area contributed by atoms with Crippen molar-refractivity contribution in [3.05, 3.63) is 0 Å². The maximum Gasteiger partial charge on any atom is 0.303 e. The first-order valence-corrected chi connectivity index (χ1v) is 6.65. The first kappa shape index (κ1) is 15.8. The third-order valence-electron chi connectivity index (χ3n) is 2.21. The van der Waals surface area contributed by atoms with Crippen LogP contribution in [-0.2, 0) is 9.59 Å². The Bertz CT molecular complexity index is 289. The van der Waals surface area contributed by atoms with E-state index in [4.69, 9.17) is 10.4 Å². The van der Waals surface area contributed by atoms with Crippen molar-refractivity contribution >= 4 is 23.6 Å². The topological polar surface area (TPSA) is 90.2 Å². The van der Waals surface area contributed by atoms with Gasteiger partial charge in [0.1, 0.15) is 0 Å². The Kier molecular flexibility index (Phi) is 9.25. The Hall–Kier alpha value is -1.22. The van der Waals surface area contributed by atoms with Gasteiger partial charge < -0.3 is 10.4 Å². The lowest BCUT2D eigenvalue weighted by Gasteiger charge is -2.10. The van der Waals surface area contributed by atoms with Crippen LogP contribution >= 0.6 is 11.8 Å². The maximum atomic E-state index is 11.2. The summed E-state index contributed by atoms with van der Waals surface area (Å²) < 4.78 is 0. The number of nitrogens with zero attached hydrogens (tertiary/aromatic N) is 1. The number of carboxylic acid groups (broad SMARTS) is 1. The first-order valence-electron chi connectivity index (χ1n) is 5.49. The van der Waals surface area contributed by atoms with E-state index in [1.807, 2.05) is 13.0 Å². The van der Waals surface area contributed by atoms with Crippen molar-refractivity contribution in [2.24, 2.45) is 5.92 Å². The minimum atomic E-state index is -0.784. The molecular weight excluding hydrogens is 240 g/mol.